The highest BCUT2D eigenvalue weighted by Crippen LogP contribution is 2.29. The molecule has 1 atom stereocenters. The fourth-order valence-electron chi connectivity index (χ4n) is 1.84. The number of hydrogen-bond acceptors (Lipinski definition) is 2. The van der Waals surface area contributed by atoms with Crippen molar-refractivity contribution in [1.29, 1.82) is 0 Å². The van der Waals surface area contributed by atoms with Crippen LogP contribution in [-0.2, 0) is 0 Å². The molecule has 0 heterocycles. The van der Waals surface area contributed by atoms with E-state index in [1.54, 1.807) is 7.11 Å². The number of ether oxygens (including phenoxy) is 1. The van der Waals surface area contributed by atoms with E-state index in [9.17, 15) is 0 Å². The van der Waals surface area contributed by atoms with E-state index in [0.29, 0.717) is 10.8 Å². The lowest BCUT2D eigenvalue weighted by Crippen LogP contribution is -2.11. The van der Waals surface area contributed by atoms with Crippen LogP contribution >= 0.6 is 11.6 Å². The van der Waals surface area contributed by atoms with Crippen LogP contribution in [0.15, 0.2) is 42.5 Å². The third-order valence-corrected chi connectivity index (χ3v) is 3.28. The second-order valence-electron chi connectivity index (χ2n) is 4.28. The highest BCUT2D eigenvalue weighted by atomic mass is 35.5. The van der Waals surface area contributed by atoms with E-state index in [1.165, 1.54) is 5.56 Å². The van der Waals surface area contributed by atoms with Crippen LogP contribution in [0.3, 0.4) is 0 Å². The molecule has 0 fully saturated rings. The molecule has 2 nitrogen and oxygen atoms in total. The molecular formula is C15H16ClNO. The molecule has 0 spiro atoms. The van der Waals surface area contributed by atoms with Gasteiger partial charge in [-0.2, -0.15) is 0 Å². The van der Waals surface area contributed by atoms with Crippen molar-refractivity contribution >= 4 is 11.6 Å². The van der Waals surface area contributed by atoms with E-state index in [4.69, 9.17) is 22.1 Å². The molecular weight excluding hydrogens is 246 g/mol. The quantitative estimate of drug-likeness (QED) is 0.914. The monoisotopic (exact) mass is 261 g/mol. The van der Waals surface area contributed by atoms with Gasteiger partial charge >= 0.3 is 0 Å². The molecule has 0 aliphatic rings. The molecule has 0 aliphatic carbocycles. The van der Waals surface area contributed by atoms with Crippen molar-refractivity contribution in [3.8, 4) is 5.75 Å². The van der Waals surface area contributed by atoms with E-state index >= 15 is 0 Å². The summed E-state index contributed by atoms with van der Waals surface area (Å²) in [4.78, 5) is 0. The fraction of sp³-hybridized carbons (Fsp3) is 0.200. The van der Waals surface area contributed by atoms with Crippen LogP contribution < -0.4 is 10.5 Å². The smallest absolute Gasteiger partial charge is 0.137 e. The van der Waals surface area contributed by atoms with Gasteiger partial charge in [-0.1, -0.05) is 47.5 Å². The molecule has 3 heteroatoms. The first-order valence-corrected chi connectivity index (χ1v) is 6.15. The lowest BCUT2D eigenvalue weighted by atomic mass is 9.98. The summed E-state index contributed by atoms with van der Waals surface area (Å²) in [7, 11) is 1.60. The molecule has 0 aliphatic heterocycles. The second kappa shape index (κ2) is 5.42. The van der Waals surface area contributed by atoms with Crippen LogP contribution in [0.5, 0.6) is 5.75 Å². The lowest BCUT2D eigenvalue weighted by Gasteiger charge is -2.14. The molecule has 0 saturated carbocycles. The van der Waals surface area contributed by atoms with Gasteiger partial charge in [-0.3, -0.25) is 0 Å². The van der Waals surface area contributed by atoms with Crippen molar-refractivity contribution < 1.29 is 4.74 Å². The van der Waals surface area contributed by atoms with Crippen molar-refractivity contribution in [2.24, 2.45) is 5.73 Å². The van der Waals surface area contributed by atoms with Crippen molar-refractivity contribution in [3.63, 3.8) is 0 Å². The highest BCUT2D eigenvalue weighted by Gasteiger charge is 2.11. The van der Waals surface area contributed by atoms with E-state index in [0.717, 1.165) is 11.1 Å². The molecule has 0 saturated heterocycles. The predicted molar refractivity (Wildman–Crippen MR) is 75.2 cm³/mol. The summed E-state index contributed by atoms with van der Waals surface area (Å²) in [5.41, 5.74) is 9.52. The predicted octanol–water partition coefficient (Wildman–Crippen LogP) is 3.71. The molecule has 94 valence electrons. The van der Waals surface area contributed by atoms with Crippen LogP contribution in [0.1, 0.15) is 22.7 Å². The number of benzene rings is 2. The molecule has 0 bridgehead atoms. The molecule has 18 heavy (non-hydrogen) atoms. The van der Waals surface area contributed by atoms with E-state index < -0.39 is 0 Å². The average molecular weight is 262 g/mol. The van der Waals surface area contributed by atoms with Gasteiger partial charge in [0, 0.05) is 0 Å². The van der Waals surface area contributed by atoms with Crippen LogP contribution in [0.2, 0.25) is 5.02 Å². The summed E-state index contributed by atoms with van der Waals surface area (Å²) in [6, 6.07) is 13.6. The zero-order valence-electron chi connectivity index (χ0n) is 10.5. The molecule has 2 aromatic rings. The Morgan fingerprint density at radius 1 is 1.06 bits per heavy atom. The zero-order valence-corrected chi connectivity index (χ0v) is 11.2. The molecule has 2 aromatic carbocycles. The normalized spacial score (nSPS) is 12.2. The topological polar surface area (TPSA) is 35.2 Å². The van der Waals surface area contributed by atoms with E-state index in [2.05, 4.69) is 19.1 Å². The van der Waals surface area contributed by atoms with Gasteiger partial charge in [0.2, 0.25) is 0 Å². The minimum absolute atomic E-state index is 0.170. The van der Waals surface area contributed by atoms with Crippen molar-refractivity contribution in [2.45, 2.75) is 13.0 Å². The van der Waals surface area contributed by atoms with Crippen molar-refractivity contribution in [3.05, 3.63) is 64.2 Å². The Balaban J connectivity index is 2.33. The summed E-state index contributed by atoms with van der Waals surface area (Å²) in [5.74, 6) is 0.650. The van der Waals surface area contributed by atoms with Crippen LogP contribution in [0.25, 0.3) is 0 Å². The maximum absolute atomic E-state index is 6.24. The van der Waals surface area contributed by atoms with Crippen molar-refractivity contribution in [1.82, 2.24) is 0 Å². The summed E-state index contributed by atoms with van der Waals surface area (Å²) in [5, 5.41) is 0.595. The number of nitrogens with two attached hydrogens (primary N) is 1. The fourth-order valence-corrected chi connectivity index (χ4v) is 2.03. The lowest BCUT2D eigenvalue weighted by molar-refractivity contribution is 0.414. The maximum atomic E-state index is 6.24. The first-order valence-electron chi connectivity index (χ1n) is 5.77. The molecule has 0 aromatic heterocycles. The molecule has 0 radical (unpaired) electrons. The summed E-state index contributed by atoms with van der Waals surface area (Å²) >= 11 is 6.00. The van der Waals surface area contributed by atoms with Gasteiger partial charge in [0.05, 0.1) is 18.2 Å². The Morgan fingerprint density at radius 3 is 2.28 bits per heavy atom. The first kappa shape index (κ1) is 12.9. The SMILES string of the molecule is COc1cc(C(N)c2ccc(C)cc2)ccc1Cl. The van der Waals surface area contributed by atoms with Gasteiger partial charge < -0.3 is 10.5 Å². The molecule has 1 unspecified atom stereocenters. The Hall–Kier alpha value is -1.51. The van der Waals surface area contributed by atoms with Crippen LogP contribution in [0, 0.1) is 6.92 Å². The van der Waals surface area contributed by atoms with Gasteiger partial charge in [-0.25, -0.2) is 0 Å². The number of aryl methyl sites for hydroxylation is 1. The standard InChI is InChI=1S/C15H16ClNO/c1-10-3-5-11(6-4-10)15(17)12-7-8-13(16)14(9-12)18-2/h3-9,15H,17H2,1-2H3. The zero-order chi connectivity index (χ0) is 13.1. The van der Waals surface area contributed by atoms with Crippen LogP contribution in [-0.4, -0.2) is 7.11 Å². The van der Waals surface area contributed by atoms with Gasteiger partial charge in [0.15, 0.2) is 0 Å². The molecule has 2 N–H and O–H groups in total. The summed E-state index contributed by atoms with van der Waals surface area (Å²) in [6.07, 6.45) is 0. The minimum atomic E-state index is -0.170. The largest absolute Gasteiger partial charge is 0.495 e. The van der Waals surface area contributed by atoms with Gasteiger partial charge in [-0.05, 0) is 30.2 Å². The second-order valence-corrected chi connectivity index (χ2v) is 4.69. The van der Waals surface area contributed by atoms with Gasteiger partial charge in [0.1, 0.15) is 5.75 Å². The summed E-state index contributed by atoms with van der Waals surface area (Å²) < 4.78 is 5.20. The molecule has 2 rings (SSSR count). The maximum Gasteiger partial charge on any atom is 0.137 e. The Labute approximate surface area is 112 Å². The number of methoxy groups -OCH3 is 1. The first-order chi connectivity index (χ1) is 8.61. The average Bonchev–Trinajstić information content (AvgIpc) is 2.39. The Morgan fingerprint density at radius 2 is 1.67 bits per heavy atom. The Bertz CT molecular complexity index is 537. The van der Waals surface area contributed by atoms with Gasteiger partial charge in [0.25, 0.3) is 0 Å². The van der Waals surface area contributed by atoms with E-state index in [-0.39, 0.29) is 6.04 Å². The molecule has 0 amide bonds. The highest BCUT2D eigenvalue weighted by molar-refractivity contribution is 6.32. The minimum Gasteiger partial charge on any atom is -0.495 e. The summed E-state index contributed by atoms with van der Waals surface area (Å²) in [6.45, 7) is 2.06. The third kappa shape index (κ3) is 2.66. The van der Waals surface area contributed by atoms with E-state index in [1.807, 2.05) is 30.3 Å². The van der Waals surface area contributed by atoms with Crippen LogP contribution in [0.4, 0.5) is 0 Å². The Kier molecular flexibility index (Phi) is 3.90. The van der Waals surface area contributed by atoms with Crippen molar-refractivity contribution in [2.75, 3.05) is 7.11 Å². The third-order valence-electron chi connectivity index (χ3n) is 2.97. The number of hydrogen-bond donors (Lipinski definition) is 1. The number of halogens is 1. The van der Waals surface area contributed by atoms with Gasteiger partial charge in [-0.15, -0.1) is 0 Å². The number of rotatable bonds is 3.